The Kier molecular flexibility index (Phi) is 8.45. The summed E-state index contributed by atoms with van der Waals surface area (Å²) in [5, 5.41) is 2.69. The van der Waals surface area contributed by atoms with Crippen molar-refractivity contribution in [1.82, 2.24) is 4.57 Å². The molecule has 1 N–H and O–H groups in total. The van der Waals surface area contributed by atoms with Gasteiger partial charge in [0, 0.05) is 32.0 Å². The highest BCUT2D eigenvalue weighted by Gasteiger charge is 2.19. The van der Waals surface area contributed by atoms with Gasteiger partial charge in [-0.1, -0.05) is 23.8 Å². The minimum Gasteiger partial charge on any atom is -0.493 e. The molecule has 0 aliphatic carbocycles. The normalized spacial score (nSPS) is 11.4. The highest BCUT2D eigenvalue weighted by Crippen LogP contribution is 2.31. The first-order valence-electron chi connectivity index (χ1n) is 10.6. The number of nitrogens with zero attached hydrogens (tertiary/aromatic N) is 1. The zero-order valence-electron chi connectivity index (χ0n) is 19.6. The van der Waals surface area contributed by atoms with Crippen molar-refractivity contribution in [3.8, 4) is 11.5 Å². The van der Waals surface area contributed by atoms with Crippen molar-refractivity contribution in [2.45, 2.75) is 18.4 Å². The van der Waals surface area contributed by atoms with E-state index in [1.807, 2.05) is 6.92 Å². The van der Waals surface area contributed by atoms with E-state index in [1.54, 1.807) is 24.3 Å². The molecule has 9 nitrogen and oxygen atoms in total. The molecule has 10 heteroatoms. The summed E-state index contributed by atoms with van der Waals surface area (Å²) in [6, 6.07) is 13.8. The van der Waals surface area contributed by atoms with Crippen LogP contribution >= 0.6 is 0 Å². The Labute approximate surface area is 203 Å². The van der Waals surface area contributed by atoms with E-state index in [2.05, 4.69) is 5.32 Å². The third-order valence-corrected chi connectivity index (χ3v) is 6.16. The molecule has 0 unspecified atom stereocenters. The third kappa shape index (κ3) is 7.05. The molecule has 184 valence electrons. The van der Waals surface area contributed by atoms with Gasteiger partial charge in [0.1, 0.15) is 4.90 Å². The van der Waals surface area contributed by atoms with Gasteiger partial charge in [-0.05, 0) is 48.9 Å². The Morgan fingerprint density at radius 2 is 1.77 bits per heavy atom. The lowest BCUT2D eigenvalue weighted by Crippen LogP contribution is -2.22. The predicted octanol–water partition coefficient (Wildman–Crippen LogP) is 3.23. The van der Waals surface area contributed by atoms with Gasteiger partial charge < -0.3 is 23.5 Å². The molecule has 0 radical (unpaired) electrons. The number of aromatic nitrogens is 1. The number of rotatable bonds is 10. The predicted molar refractivity (Wildman–Crippen MR) is 132 cm³/mol. The van der Waals surface area contributed by atoms with Crippen LogP contribution in [0.1, 0.15) is 11.1 Å². The number of benzene rings is 2. The number of carbonyl (C=O) groups excluding carboxylic acids is 1. The summed E-state index contributed by atoms with van der Waals surface area (Å²) in [4.78, 5) is 24.2. The van der Waals surface area contributed by atoms with Crippen LogP contribution in [-0.4, -0.2) is 39.7 Å². The van der Waals surface area contributed by atoms with E-state index in [9.17, 15) is 18.0 Å². The fourth-order valence-corrected chi connectivity index (χ4v) is 3.99. The van der Waals surface area contributed by atoms with Crippen molar-refractivity contribution in [3.05, 3.63) is 88.4 Å². The van der Waals surface area contributed by atoms with Crippen molar-refractivity contribution >= 4 is 27.8 Å². The molecule has 0 fully saturated rings. The second-order valence-corrected chi connectivity index (χ2v) is 9.07. The van der Waals surface area contributed by atoms with Gasteiger partial charge in [0.15, 0.2) is 11.5 Å². The van der Waals surface area contributed by atoms with Crippen LogP contribution in [0.2, 0.25) is 0 Å². The number of aryl methyl sites for hydroxylation is 1. The second-order valence-electron chi connectivity index (χ2n) is 7.53. The summed E-state index contributed by atoms with van der Waals surface area (Å²) >= 11 is 0. The number of hydrogen-bond acceptors (Lipinski definition) is 7. The molecule has 0 saturated carbocycles. The maximum atomic E-state index is 12.6. The largest absolute Gasteiger partial charge is 0.493 e. The summed E-state index contributed by atoms with van der Waals surface area (Å²) < 4.78 is 42.1. The smallest absolute Gasteiger partial charge is 0.339 e. The van der Waals surface area contributed by atoms with Gasteiger partial charge in [-0.3, -0.25) is 9.59 Å². The van der Waals surface area contributed by atoms with Crippen LogP contribution in [0.5, 0.6) is 11.5 Å². The van der Waals surface area contributed by atoms with Gasteiger partial charge >= 0.3 is 10.1 Å². The minimum atomic E-state index is -4.04. The standard InChI is InChI=1S/C25H26N2O7S/c1-18-4-9-21(10-5-18)35(30,31)34-22-11-6-19(16-23(22)33-3)7-12-24(28)26-20-8-13-25(29)27(17-20)14-15-32-2/h4-13,16-17H,14-15H2,1-3H3,(H,26,28). The summed E-state index contributed by atoms with van der Waals surface area (Å²) in [6.07, 6.45) is 4.39. The summed E-state index contributed by atoms with van der Waals surface area (Å²) in [7, 11) is -1.11. The number of methoxy groups -OCH3 is 2. The van der Waals surface area contributed by atoms with E-state index >= 15 is 0 Å². The maximum absolute atomic E-state index is 12.6. The van der Waals surface area contributed by atoms with Gasteiger partial charge in [0.2, 0.25) is 5.91 Å². The highest BCUT2D eigenvalue weighted by molar-refractivity contribution is 7.87. The Hall–Kier alpha value is -3.89. The molecule has 2 aromatic carbocycles. The van der Waals surface area contributed by atoms with Crippen molar-refractivity contribution in [1.29, 1.82) is 0 Å². The first kappa shape index (κ1) is 25.7. The highest BCUT2D eigenvalue weighted by atomic mass is 32.2. The van der Waals surface area contributed by atoms with Gasteiger partial charge in [-0.2, -0.15) is 8.42 Å². The van der Waals surface area contributed by atoms with Gasteiger partial charge in [0.25, 0.3) is 5.56 Å². The molecule has 1 aromatic heterocycles. The number of anilines is 1. The zero-order chi connectivity index (χ0) is 25.4. The van der Waals surface area contributed by atoms with Crippen LogP contribution < -0.4 is 19.8 Å². The molecule has 0 atom stereocenters. The monoisotopic (exact) mass is 498 g/mol. The van der Waals surface area contributed by atoms with E-state index < -0.39 is 16.0 Å². The Morgan fingerprint density at radius 3 is 2.46 bits per heavy atom. The molecule has 1 amide bonds. The quantitative estimate of drug-likeness (QED) is 0.337. The average Bonchev–Trinajstić information content (AvgIpc) is 2.83. The number of carbonyl (C=O) groups is 1. The van der Waals surface area contributed by atoms with Crippen LogP contribution in [0.15, 0.2) is 76.6 Å². The molecule has 0 spiro atoms. The van der Waals surface area contributed by atoms with Crippen molar-refractivity contribution in [3.63, 3.8) is 0 Å². The molecule has 0 saturated heterocycles. The molecular formula is C25H26N2O7S. The lowest BCUT2D eigenvalue weighted by molar-refractivity contribution is -0.111. The molecule has 1 heterocycles. The summed E-state index contributed by atoms with van der Waals surface area (Å²) in [5.41, 5.74) is 1.77. The number of amides is 1. The van der Waals surface area contributed by atoms with E-state index in [-0.39, 0.29) is 22.0 Å². The van der Waals surface area contributed by atoms with E-state index in [1.165, 1.54) is 67.5 Å². The second kappa shape index (κ2) is 11.5. The Morgan fingerprint density at radius 1 is 1.03 bits per heavy atom. The lowest BCUT2D eigenvalue weighted by Gasteiger charge is -2.11. The number of nitrogens with one attached hydrogen (secondary N) is 1. The van der Waals surface area contributed by atoms with Crippen molar-refractivity contribution in [2.75, 3.05) is 26.1 Å². The van der Waals surface area contributed by atoms with Crippen LogP contribution in [-0.2, 0) is 26.2 Å². The summed E-state index contributed by atoms with van der Waals surface area (Å²) in [6.45, 7) is 2.59. The van der Waals surface area contributed by atoms with E-state index in [4.69, 9.17) is 13.7 Å². The molecule has 3 rings (SSSR count). The van der Waals surface area contributed by atoms with Crippen LogP contribution in [0.25, 0.3) is 6.08 Å². The SMILES string of the molecule is COCCn1cc(NC(=O)C=Cc2ccc(OS(=O)(=O)c3ccc(C)cc3)c(OC)c2)ccc1=O. The van der Waals surface area contributed by atoms with Crippen molar-refractivity contribution in [2.24, 2.45) is 0 Å². The molecular weight excluding hydrogens is 472 g/mol. The zero-order valence-corrected chi connectivity index (χ0v) is 20.4. The Bertz CT molecular complexity index is 1380. The number of ether oxygens (including phenoxy) is 2. The molecule has 3 aromatic rings. The number of hydrogen-bond donors (Lipinski definition) is 1. The first-order valence-corrected chi connectivity index (χ1v) is 12.0. The number of pyridine rings is 1. The van der Waals surface area contributed by atoms with Crippen LogP contribution in [0.3, 0.4) is 0 Å². The molecule has 35 heavy (non-hydrogen) atoms. The van der Waals surface area contributed by atoms with Crippen molar-refractivity contribution < 1.29 is 26.9 Å². The third-order valence-electron chi connectivity index (χ3n) is 4.91. The fourth-order valence-electron chi connectivity index (χ4n) is 3.05. The van der Waals surface area contributed by atoms with Crippen LogP contribution in [0, 0.1) is 6.92 Å². The summed E-state index contributed by atoms with van der Waals surface area (Å²) in [5.74, 6) is -0.204. The average molecular weight is 499 g/mol. The van der Waals surface area contributed by atoms with Crippen LogP contribution in [0.4, 0.5) is 5.69 Å². The molecule has 0 aliphatic rings. The Balaban J connectivity index is 1.71. The molecule has 0 bridgehead atoms. The van der Waals surface area contributed by atoms with E-state index in [0.717, 1.165) is 5.56 Å². The topological polar surface area (TPSA) is 113 Å². The lowest BCUT2D eigenvalue weighted by atomic mass is 10.2. The van der Waals surface area contributed by atoms with E-state index in [0.29, 0.717) is 24.4 Å². The van der Waals surface area contributed by atoms with Gasteiger partial charge in [0.05, 0.1) is 19.4 Å². The minimum absolute atomic E-state index is 0.0213. The van der Waals surface area contributed by atoms with Gasteiger partial charge in [-0.15, -0.1) is 0 Å². The van der Waals surface area contributed by atoms with Gasteiger partial charge in [-0.25, -0.2) is 0 Å². The fraction of sp³-hybridized carbons (Fsp3) is 0.200. The first-order chi connectivity index (χ1) is 16.7. The maximum Gasteiger partial charge on any atom is 0.339 e. The molecule has 0 aliphatic heterocycles.